The first-order chi connectivity index (χ1) is 15.5. The average molecular weight is 485 g/mol. The van der Waals surface area contributed by atoms with Crippen LogP contribution in [0.2, 0.25) is 0 Å². The van der Waals surface area contributed by atoms with E-state index in [-0.39, 0.29) is 13.0 Å². The van der Waals surface area contributed by atoms with E-state index >= 15 is 0 Å². The number of hydrogen-bond acceptors (Lipinski definition) is 15. The fraction of sp³-hybridized carbons (Fsp3) is 1.00. The maximum Gasteiger partial charge on any atom is 0.187 e. The van der Waals surface area contributed by atoms with Crippen LogP contribution in [0.25, 0.3) is 0 Å². The molecule has 15 atom stereocenters. The molecule has 3 rings (SSSR count). The van der Waals surface area contributed by atoms with Gasteiger partial charge < -0.3 is 77.6 Å². The van der Waals surface area contributed by atoms with Gasteiger partial charge in [-0.3, -0.25) is 0 Å². The fourth-order valence-electron chi connectivity index (χ4n) is 4.40. The van der Waals surface area contributed by atoms with Gasteiger partial charge in [-0.2, -0.15) is 0 Å². The Balaban J connectivity index is 1.72. The van der Waals surface area contributed by atoms with Gasteiger partial charge in [0, 0.05) is 18.6 Å². The highest BCUT2D eigenvalue weighted by Crippen LogP contribution is 2.31. The van der Waals surface area contributed by atoms with E-state index in [2.05, 4.69) is 0 Å². The first-order valence-corrected chi connectivity index (χ1v) is 10.8. The smallest absolute Gasteiger partial charge is 0.187 e. The molecule has 15 heteroatoms. The minimum atomic E-state index is -1.66. The highest BCUT2D eigenvalue weighted by atomic mass is 16.7. The van der Waals surface area contributed by atoms with Crippen LogP contribution in [0, 0.1) is 0 Å². The summed E-state index contributed by atoms with van der Waals surface area (Å²) >= 11 is 0. The largest absolute Gasteiger partial charge is 0.394 e. The SMILES string of the molecule is NC[C@@H]1O[C@@H](O[C@@H]2[C@@H](O)[C@H](O[C@H]3O[C@@H](CO)[C@H](O)[C@@H](O)[C@@H]3N)[C@@H](N)C[C@H]2N)[C@@H](O)[C@H](O)[C@H]1O. The van der Waals surface area contributed by atoms with Crippen molar-refractivity contribution in [3.05, 3.63) is 0 Å². The number of aliphatic hydroxyl groups is 7. The van der Waals surface area contributed by atoms with E-state index in [0.717, 1.165) is 0 Å². The van der Waals surface area contributed by atoms with Gasteiger partial charge in [-0.15, -0.1) is 0 Å². The molecule has 0 unspecified atom stereocenters. The summed E-state index contributed by atoms with van der Waals surface area (Å²) in [4.78, 5) is 0. The van der Waals surface area contributed by atoms with Gasteiger partial charge >= 0.3 is 0 Å². The molecular formula is C18H36N4O11. The third kappa shape index (κ3) is 5.32. The maximum absolute atomic E-state index is 10.9. The molecule has 0 spiro atoms. The lowest BCUT2D eigenvalue weighted by atomic mass is 9.84. The first kappa shape index (κ1) is 27.0. The van der Waals surface area contributed by atoms with Gasteiger partial charge in [0.15, 0.2) is 12.6 Å². The van der Waals surface area contributed by atoms with Crippen LogP contribution in [0.15, 0.2) is 0 Å². The Labute approximate surface area is 189 Å². The lowest BCUT2D eigenvalue weighted by Gasteiger charge is -2.48. The Hall–Kier alpha value is -0.600. The monoisotopic (exact) mass is 484 g/mol. The summed E-state index contributed by atoms with van der Waals surface area (Å²) in [6, 6.07) is -2.87. The summed E-state index contributed by atoms with van der Waals surface area (Å²) in [6.07, 6.45) is -16.4. The molecule has 1 saturated carbocycles. The van der Waals surface area contributed by atoms with Crippen LogP contribution in [-0.2, 0) is 18.9 Å². The van der Waals surface area contributed by atoms with Crippen LogP contribution in [0.5, 0.6) is 0 Å². The third-order valence-electron chi connectivity index (χ3n) is 6.47. The minimum absolute atomic E-state index is 0.0945. The number of hydrogen-bond donors (Lipinski definition) is 11. The van der Waals surface area contributed by atoms with E-state index in [1.807, 2.05) is 0 Å². The van der Waals surface area contributed by atoms with Gasteiger partial charge in [-0.25, -0.2) is 0 Å². The molecule has 2 aliphatic heterocycles. The van der Waals surface area contributed by atoms with Crippen LogP contribution < -0.4 is 22.9 Å². The summed E-state index contributed by atoms with van der Waals surface area (Å²) in [5.41, 5.74) is 23.6. The van der Waals surface area contributed by atoms with E-state index in [0.29, 0.717) is 0 Å². The van der Waals surface area contributed by atoms with Crippen LogP contribution in [0.1, 0.15) is 6.42 Å². The van der Waals surface area contributed by atoms with Crippen molar-refractivity contribution in [2.24, 2.45) is 22.9 Å². The van der Waals surface area contributed by atoms with Crippen molar-refractivity contribution >= 4 is 0 Å². The summed E-state index contributed by atoms with van der Waals surface area (Å²) in [5, 5.41) is 70.6. The molecule has 0 aromatic carbocycles. The van der Waals surface area contributed by atoms with E-state index in [1.54, 1.807) is 0 Å². The van der Waals surface area contributed by atoms with Crippen molar-refractivity contribution in [2.75, 3.05) is 13.2 Å². The molecule has 2 saturated heterocycles. The molecule has 2 heterocycles. The highest BCUT2D eigenvalue weighted by molar-refractivity contribution is 5.01. The molecule has 15 N–H and O–H groups in total. The molecule has 0 aromatic rings. The molecule has 0 amide bonds. The zero-order chi connectivity index (χ0) is 24.6. The van der Waals surface area contributed by atoms with Gasteiger partial charge in [-0.1, -0.05) is 0 Å². The molecule has 0 bridgehead atoms. The van der Waals surface area contributed by atoms with Crippen molar-refractivity contribution in [2.45, 2.75) is 98.2 Å². The zero-order valence-corrected chi connectivity index (χ0v) is 17.9. The lowest BCUT2D eigenvalue weighted by molar-refractivity contribution is -0.328. The summed E-state index contributed by atoms with van der Waals surface area (Å²) in [7, 11) is 0. The lowest BCUT2D eigenvalue weighted by Crippen LogP contribution is -2.68. The first-order valence-electron chi connectivity index (χ1n) is 10.8. The van der Waals surface area contributed by atoms with Crippen molar-refractivity contribution < 1.29 is 54.7 Å². The standard InChI is InChI=1S/C18H36N4O11/c19-2-6-9(24)12(27)13(28)18(30-6)33-16-5(21)1-4(20)15(14(16)29)32-17-8(22)11(26)10(25)7(3-23)31-17/h4-18,23-29H,1-3,19-22H2/t4-,5+,6-,7-,8-,9-,10-,11-,12+,13-,14-,15+,16-,17+,18-/m0/s1. The predicted molar refractivity (Wildman–Crippen MR) is 108 cm³/mol. The maximum atomic E-state index is 10.9. The third-order valence-corrected chi connectivity index (χ3v) is 6.47. The molecule has 3 fully saturated rings. The molecule has 15 nitrogen and oxygen atoms in total. The summed E-state index contributed by atoms with van der Waals surface area (Å²) in [5.74, 6) is 0. The van der Waals surface area contributed by atoms with Gasteiger partial charge in [0.2, 0.25) is 0 Å². The van der Waals surface area contributed by atoms with E-state index in [4.69, 9.17) is 41.9 Å². The topological polar surface area (TPSA) is 283 Å². The van der Waals surface area contributed by atoms with E-state index in [1.165, 1.54) is 0 Å². The second-order valence-electron chi connectivity index (χ2n) is 8.79. The van der Waals surface area contributed by atoms with Crippen LogP contribution in [0.4, 0.5) is 0 Å². The Morgan fingerprint density at radius 1 is 0.667 bits per heavy atom. The fourth-order valence-corrected chi connectivity index (χ4v) is 4.40. The number of aliphatic hydroxyl groups excluding tert-OH is 7. The molecule has 1 aliphatic carbocycles. The number of rotatable bonds is 6. The Kier molecular flexibility index (Phi) is 8.99. The predicted octanol–water partition coefficient (Wildman–Crippen LogP) is -7.29. The Morgan fingerprint density at radius 3 is 1.73 bits per heavy atom. The Morgan fingerprint density at radius 2 is 1.18 bits per heavy atom. The zero-order valence-electron chi connectivity index (χ0n) is 17.9. The minimum Gasteiger partial charge on any atom is -0.394 e. The van der Waals surface area contributed by atoms with Crippen molar-refractivity contribution in [3.63, 3.8) is 0 Å². The molecular weight excluding hydrogens is 448 g/mol. The second-order valence-corrected chi connectivity index (χ2v) is 8.79. The summed E-state index contributed by atoms with van der Waals surface area (Å²) < 4.78 is 22.3. The van der Waals surface area contributed by atoms with Crippen LogP contribution >= 0.6 is 0 Å². The van der Waals surface area contributed by atoms with Crippen molar-refractivity contribution in [1.29, 1.82) is 0 Å². The van der Waals surface area contributed by atoms with E-state index < -0.39 is 98.4 Å². The Bertz CT molecular complexity index is 584. The quantitative estimate of drug-likeness (QED) is 0.167. The summed E-state index contributed by atoms with van der Waals surface area (Å²) in [6.45, 7) is -0.786. The van der Waals surface area contributed by atoms with Crippen molar-refractivity contribution in [3.8, 4) is 0 Å². The number of nitrogens with two attached hydrogens (primary N) is 4. The van der Waals surface area contributed by atoms with Gasteiger partial charge in [0.05, 0.1) is 12.6 Å². The normalized spacial score (nSPS) is 53.7. The van der Waals surface area contributed by atoms with Gasteiger partial charge in [-0.05, 0) is 6.42 Å². The average Bonchev–Trinajstić information content (AvgIpc) is 2.79. The second kappa shape index (κ2) is 11.0. The van der Waals surface area contributed by atoms with Gasteiger partial charge in [0.25, 0.3) is 0 Å². The van der Waals surface area contributed by atoms with Gasteiger partial charge in [0.1, 0.15) is 61.0 Å². The highest BCUT2D eigenvalue weighted by Gasteiger charge is 2.51. The molecule has 194 valence electrons. The van der Waals surface area contributed by atoms with Crippen molar-refractivity contribution in [1.82, 2.24) is 0 Å². The molecule has 0 aromatic heterocycles. The molecule has 33 heavy (non-hydrogen) atoms. The molecule has 0 radical (unpaired) electrons. The molecule has 3 aliphatic rings. The van der Waals surface area contributed by atoms with Crippen LogP contribution in [0.3, 0.4) is 0 Å². The van der Waals surface area contributed by atoms with E-state index in [9.17, 15) is 35.7 Å². The number of ether oxygens (including phenoxy) is 4. The van der Waals surface area contributed by atoms with Crippen LogP contribution in [-0.4, -0.2) is 141 Å².